The number of rotatable bonds is 9. The molecule has 8 nitrogen and oxygen atoms in total. The minimum Gasteiger partial charge on any atom is -0.444 e. The molecule has 0 saturated carbocycles. The summed E-state index contributed by atoms with van der Waals surface area (Å²) in [5.41, 5.74) is 1.05. The van der Waals surface area contributed by atoms with Gasteiger partial charge in [-0.3, -0.25) is 9.59 Å². The highest BCUT2D eigenvalue weighted by Crippen LogP contribution is 2.30. The number of alkyl carbamates (subject to hydrolysis) is 1. The highest BCUT2D eigenvalue weighted by molar-refractivity contribution is 7.80. The maximum absolute atomic E-state index is 13.8. The number of terminal acetylenes is 1. The number of aryl methyl sites for hydroxylation is 1. The first-order chi connectivity index (χ1) is 17.4. The SMILES string of the molecule is C#Cc1ccccc1C(C(=O)Nc1c(C)cccc1Cl)N(CCO)C(=O)C(CS)NC(=O)OC(C)(C)C. The Labute approximate surface area is 228 Å². The Morgan fingerprint density at radius 3 is 2.43 bits per heavy atom. The fourth-order valence-corrected chi connectivity index (χ4v) is 4.13. The minimum absolute atomic E-state index is 0.0885. The standard InChI is InChI=1S/C27H32ClN3O5S/c1-6-18-11-7-8-12-19(18)23(24(33)30-22-17(2)10-9-13-20(22)28)31(14-15-32)25(34)21(16-37)29-26(35)36-27(3,4)5/h1,7-13,21,23,32,37H,14-16H2,2-5H3,(H,29,35)(H,30,33). The Balaban J connectivity index is 2.55. The van der Waals surface area contributed by atoms with E-state index in [-0.39, 0.29) is 12.3 Å². The van der Waals surface area contributed by atoms with Crippen LogP contribution in [0, 0.1) is 19.3 Å². The van der Waals surface area contributed by atoms with Crippen LogP contribution in [-0.2, 0) is 14.3 Å². The molecule has 0 aliphatic rings. The molecule has 0 bridgehead atoms. The van der Waals surface area contributed by atoms with Gasteiger partial charge in [0.05, 0.1) is 17.3 Å². The van der Waals surface area contributed by atoms with Gasteiger partial charge in [0, 0.05) is 17.9 Å². The third-order valence-electron chi connectivity index (χ3n) is 5.24. The molecule has 2 unspecified atom stereocenters. The molecule has 2 aromatic rings. The number of aliphatic hydroxyl groups excluding tert-OH is 1. The number of nitrogens with one attached hydrogen (secondary N) is 2. The predicted molar refractivity (Wildman–Crippen MR) is 148 cm³/mol. The van der Waals surface area contributed by atoms with Gasteiger partial charge in [0.25, 0.3) is 5.91 Å². The first kappa shape index (κ1) is 30.0. The molecule has 0 spiro atoms. The zero-order valence-corrected chi connectivity index (χ0v) is 22.9. The van der Waals surface area contributed by atoms with Crippen LogP contribution in [0.3, 0.4) is 0 Å². The van der Waals surface area contributed by atoms with E-state index >= 15 is 0 Å². The lowest BCUT2D eigenvalue weighted by atomic mass is 9.97. The van der Waals surface area contributed by atoms with E-state index in [4.69, 9.17) is 22.8 Å². The lowest BCUT2D eigenvalue weighted by Gasteiger charge is -2.34. The molecule has 37 heavy (non-hydrogen) atoms. The summed E-state index contributed by atoms with van der Waals surface area (Å²) in [6.07, 6.45) is 4.89. The number of anilines is 1. The van der Waals surface area contributed by atoms with E-state index in [0.29, 0.717) is 27.4 Å². The number of hydrogen-bond acceptors (Lipinski definition) is 6. The van der Waals surface area contributed by atoms with Crippen LogP contribution in [0.1, 0.15) is 43.5 Å². The summed E-state index contributed by atoms with van der Waals surface area (Å²) in [6.45, 7) is 6.17. The Kier molecular flexibility index (Phi) is 10.9. The fourth-order valence-electron chi connectivity index (χ4n) is 3.61. The summed E-state index contributed by atoms with van der Waals surface area (Å²) in [7, 11) is 0. The van der Waals surface area contributed by atoms with Gasteiger partial charge >= 0.3 is 6.09 Å². The van der Waals surface area contributed by atoms with Crippen molar-refractivity contribution >= 4 is 47.8 Å². The average molecular weight is 546 g/mol. The van der Waals surface area contributed by atoms with Crippen LogP contribution < -0.4 is 10.6 Å². The van der Waals surface area contributed by atoms with E-state index in [1.165, 1.54) is 0 Å². The molecule has 0 saturated heterocycles. The maximum atomic E-state index is 13.8. The normalized spacial score (nSPS) is 12.6. The molecule has 0 aliphatic heterocycles. The predicted octanol–water partition coefficient (Wildman–Crippen LogP) is 3.95. The third-order valence-corrected chi connectivity index (χ3v) is 5.92. The molecule has 0 radical (unpaired) electrons. The molecule has 0 heterocycles. The monoisotopic (exact) mass is 545 g/mol. The van der Waals surface area contributed by atoms with Crippen LogP contribution in [0.4, 0.5) is 10.5 Å². The highest BCUT2D eigenvalue weighted by atomic mass is 35.5. The van der Waals surface area contributed by atoms with E-state index in [1.807, 2.05) is 0 Å². The quantitative estimate of drug-likeness (QED) is 0.282. The van der Waals surface area contributed by atoms with Gasteiger partial charge < -0.3 is 25.4 Å². The zero-order valence-electron chi connectivity index (χ0n) is 21.2. The molecule has 2 atom stereocenters. The van der Waals surface area contributed by atoms with Crippen molar-refractivity contribution in [2.45, 2.75) is 45.4 Å². The molecule has 0 aromatic heterocycles. The Hall–Kier alpha value is -3.19. The van der Waals surface area contributed by atoms with Crippen molar-refractivity contribution in [1.82, 2.24) is 10.2 Å². The Bertz CT molecular complexity index is 1160. The van der Waals surface area contributed by atoms with Crippen molar-refractivity contribution in [3.05, 3.63) is 64.2 Å². The summed E-state index contributed by atoms with van der Waals surface area (Å²) in [5.74, 6) is 1.20. The number of aliphatic hydroxyl groups is 1. The Morgan fingerprint density at radius 1 is 1.19 bits per heavy atom. The summed E-state index contributed by atoms with van der Waals surface area (Å²) in [4.78, 5) is 41.0. The second-order valence-electron chi connectivity index (χ2n) is 9.19. The van der Waals surface area contributed by atoms with Crippen molar-refractivity contribution in [3.63, 3.8) is 0 Å². The van der Waals surface area contributed by atoms with Crippen molar-refractivity contribution in [3.8, 4) is 12.3 Å². The molecular weight excluding hydrogens is 514 g/mol. The first-order valence-electron chi connectivity index (χ1n) is 11.6. The van der Waals surface area contributed by atoms with Gasteiger partial charge in [-0.25, -0.2) is 4.79 Å². The molecule has 10 heteroatoms. The molecule has 3 N–H and O–H groups in total. The first-order valence-corrected chi connectivity index (χ1v) is 12.6. The number of carbonyl (C=O) groups excluding carboxylic acids is 3. The van der Waals surface area contributed by atoms with Crippen LogP contribution in [0.5, 0.6) is 0 Å². The topological polar surface area (TPSA) is 108 Å². The summed E-state index contributed by atoms with van der Waals surface area (Å²) in [6, 6.07) is 9.43. The second kappa shape index (κ2) is 13.4. The molecule has 2 rings (SSSR count). The zero-order chi connectivity index (χ0) is 27.8. The van der Waals surface area contributed by atoms with Gasteiger partial charge in [0.15, 0.2) is 0 Å². The lowest BCUT2D eigenvalue weighted by molar-refractivity contribution is -0.140. The summed E-state index contributed by atoms with van der Waals surface area (Å²) >= 11 is 10.6. The van der Waals surface area contributed by atoms with Crippen molar-refractivity contribution in [2.75, 3.05) is 24.2 Å². The molecule has 3 amide bonds. The lowest BCUT2D eigenvalue weighted by Crippen LogP contribution is -2.54. The Morgan fingerprint density at radius 2 is 1.86 bits per heavy atom. The van der Waals surface area contributed by atoms with Gasteiger partial charge in [-0.05, 0) is 51.0 Å². The molecule has 2 aromatic carbocycles. The van der Waals surface area contributed by atoms with Gasteiger partial charge in [-0.1, -0.05) is 47.9 Å². The number of carbonyl (C=O) groups is 3. The fraction of sp³-hybridized carbons (Fsp3) is 0.370. The number of para-hydroxylation sites is 1. The van der Waals surface area contributed by atoms with E-state index in [9.17, 15) is 19.5 Å². The van der Waals surface area contributed by atoms with Crippen LogP contribution in [-0.4, -0.2) is 58.5 Å². The van der Waals surface area contributed by atoms with Crippen LogP contribution in [0.25, 0.3) is 0 Å². The molecular formula is C27H32ClN3O5S. The molecule has 0 fully saturated rings. The number of nitrogens with zero attached hydrogens (tertiary/aromatic N) is 1. The van der Waals surface area contributed by atoms with Crippen molar-refractivity contribution in [2.24, 2.45) is 0 Å². The number of ether oxygens (including phenoxy) is 1. The second-order valence-corrected chi connectivity index (χ2v) is 9.96. The number of amides is 3. The number of benzene rings is 2. The molecule has 0 aliphatic carbocycles. The summed E-state index contributed by atoms with van der Waals surface area (Å²) < 4.78 is 5.27. The largest absolute Gasteiger partial charge is 0.444 e. The summed E-state index contributed by atoms with van der Waals surface area (Å²) in [5, 5.41) is 15.5. The average Bonchev–Trinajstić information content (AvgIpc) is 2.83. The third kappa shape index (κ3) is 8.15. The van der Waals surface area contributed by atoms with E-state index in [0.717, 1.165) is 4.90 Å². The number of hydrogen-bond donors (Lipinski definition) is 4. The maximum Gasteiger partial charge on any atom is 0.408 e. The van der Waals surface area contributed by atoms with E-state index in [2.05, 4.69) is 29.2 Å². The van der Waals surface area contributed by atoms with Crippen LogP contribution in [0.2, 0.25) is 5.02 Å². The van der Waals surface area contributed by atoms with E-state index in [1.54, 1.807) is 70.2 Å². The van der Waals surface area contributed by atoms with Gasteiger partial charge in [-0.2, -0.15) is 12.6 Å². The van der Waals surface area contributed by atoms with Gasteiger partial charge in [0.1, 0.15) is 17.7 Å². The molecule has 198 valence electrons. The van der Waals surface area contributed by atoms with Crippen LogP contribution in [0.15, 0.2) is 42.5 Å². The highest BCUT2D eigenvalue weighted by Gasteiger charge is 2.37. The van der Waals surface area contributed by atoms with Crippen molar-refractivity contribution < 1.29 is 24.2 Å². The van der Waals surface area contributed by atoms with Gasteiger partial charge in [-0.15, -0.1) is 6.42 Å². The van der Waals surface area contributed by atoms with E-state index < -0.39 is 42.2 Å². The van der Waals surface area contributed by atoms with Gasteiger partial charge in [0.2, 0.25) is 5.91 Å². The minimum atomic E-state index is -1.26. The number of halogens is 1. The smallest absolute Gasteiger partial charge is 0.408 e. The van der Waals surface area contributed by atoms with Crippen LogP contribution >= 0.6 is 24.2 Å². The number of thiol groups is 1. The van der Waals surface area contributed by atoms with Crippen molar-refractivity contribution in [1.29, 1.82) is 0 Å².